The summed E-state index contributed by atoms with van der Waals surface area (Å²) in [6.45, 7) is 7.73. The molecule has 0 N–H and O–H groups in total. The summed E-state index contributed by atoms with van der Waals surface area (Å²) in [4.78, 5) is 2.26. The van der Waals surface area contributed by atoms with E-state index in [-0.39, 0.29) is 5.54 Å². The molecule has 5 heteroatoms. The van der Waals surface area contributed by atoms with Crippen molar-refractivity contribution in [3.63, 3.8) is 0 Å². The second-order valence-electron chi connectivity index (χ2n) is 5.35. The number of hydrogen-bond acceptors (Lipinski definition) is 3. The van der Waals surface area contributed by atoms with Crippen molar-refractivity contribution in [1.82, 2.24) is 9.21 Å². The fourth-order valence-electron chi connectivity index (χ4n) is 1.88. The average molecular weight is 234 g/mol. The molecule has 15 heavy (non-hydrogen) atoms. The summed E-state index contributed by atoms with van der Waals surface area (Å²) in [6, 6.07) is 0.347. The van der Waals surface area contributed by atoms with E-state index in [2.05, 4.69) is 32.7 Å². The van der Waals surface area contributed by atoms with Crippen LogP contribution in [0.4, 0.5) is 0 Å². The number of sulfonamides is 1. The summed E-state index contributed by atoms with van der Waals surface area (Å²) in [5.41, 5.74) is 0.0954. The van der Waals surface area contributed by atoms with Crippen molar-refractivity contribution in [2.24, 2.45) is 0 Å². The maximum atomic E-state index is 11.4. The molecule has 1 saturated heterocycles. The molecule has 0 aromatic heterocycles. The number of hydrogen-bond donors (Lipinski definition) is 0. The molecule has 1 rings (SSSR count). The van der Waals surface area contributed by atoms with E-state index in [1.165, 1.54) is 6.26 Å². The summed E-state index contributed by atoms with van der Waals surface area (Å²) < 4.78 is 24.3. The molecule has 0 aromatic rings. The zero-order valence-electron chi connectivity index (χ0n) is 10.3. The molecule has 0 aromatic carbocycles. The van der Waals surface area contributed by atoms with Gasteiger partial charge in [0.2, 0.25) is 10.0 Å². The molecule has 1 aliphatic rings. The van der Waals surface area contributed by atoms with Gasteiger partial charge in [-0.05, 0) is 34.2 Å². The van der Waals surface area contributed by atoms with Gasteiger partial charge in [-0.3, -0.25) is 4.90 Å². The third kappa shape index (κ3) is 3.16. The average Bonchev–Trinajstić information content (AvgIpc) is 2.47. The Labute approximate surface area is 93.3 Å². The van der Waals surface area contributed by atoms with E-state index in [9.17, 15) is 8.42 Å². The quantitative estimate of drug-likeness (QED) is 0.708. The first-order valence-corrected chi connectivity index (χ1v) is 7.15. The van der Waals surface area contributed by atoms with Crippen LogP contribution in [-0.4, -0.2) is 55.6 Å². The molecule has 0 amide bonds. The van der Waals surface area contributed by atoms with Crippen molar-refractivity contribution in [2.45, 2.75) is 38.8 Å². The summed E-state index contributed by atoms with van der Waals surface area (Å²) in [6.07, 6.45) is 2.22. The molecule has 1 fully saturated rings. The lowest BCUT2D eigenvalue weighted by Crippen LogP contribution is -2.46. The van der Waals surface area contributed by atoms with Crippen LogP contribution in [0.2, 0.25) is 0 Å². The van der Waals surface area contributed by atoms with E-state index in [4.69, 9.17) is 0 Å². The lowest BCUT2D eigenvalue weighted by molar-refractivity contribution is 0.123. The predicted molar refractivity (Wildman–Crippen MR) is 62.3 cm³/mol. The summed E-state index contributed by atoms with van der Waals surface area (Å²) in [5, 5.41) is 0. The van der Waals surface area contributed by atoms with Gasteiger partial charge < -0.3 is 0 Å². The molecule has 0 spiro atoms. The smallest absolute Gasteiger partial charge is 0.211 e. The molecule has 0 saturated carbocycles. The molecule has 4 nitrogen and oxygen atoms in total. The Hall–Kier alpha value is -0.130. The SMILES string of the molecule is CN(C1CCN(S(C)(=O)=O)C1)C(C)(C)C. The zero-order chi connectivity index (χ0) is 11.9. The minimum Gasteiger partial charge on any atom is -0.297 e. The summed E-state index contributed by atoms with van der Waals surface area (Å²) in [5.74, 6) is 0. The standard InChI is InChI=1S/C10H22N2O2S/c1-10(2,3)11(4)9-6-7-12(8-9)15(5,13)14/h9H,6-8H2,1-5H3. The highest BCUT2D eigenvalue weighted by Gasteiger charge is 2.34. The predicted octanol–water partition coefficient (Wildman–Crippen LogP) is 0.751. The van der Waals surface area contributed by atoms with E-state index in [0.29, 0.717) is 19.1 Å². The molecule has 90 valence electrons. The van der Waals surface area contributed by atoms with Gasteiger partial charge in [-0.25, -0.2) is 12.7 Å². The van der Waals surface area contributed by atoms with E-state index in [1.54, 1.807) is 4.31 Å². The highest BCUT2D eigenvalue weighted by molar-refractivity contribution is 7.88. The minimum absolute atomic E-state index is 0.0954. The van der Waals surface area contributed by atoms with Crippen LogP contribution in [0.25, 0.3) is 0 Å². The highest BCUT2D eigenvalue weighted by atomic mass is 32.2. The van der Waals surface area contributed by atoms with Gasteiger partial charge >= 0.3 is 0 Å². The fraction of sp³-hybridized carbons (Fsp3) is 1.00. The Bertz CT molecular complexity index is 319. The van der Waals surface area contributed by atoms with Crippen LogP contribution in [0.1, 0.15) is 27.2 Å². The van der Waals surface area contributed by atoms with Crippen LogP contribution >= 0.6 is 0 Å². The molecular weight excluding hydrogens is 212 g/mol. The van der Waals surface area contributed by atoms with Crippen LogP contribution in [0.5, 0.6) is 0 Å². The first kappa shape index (κ1) is 12.9. The first-order valence-electron chi connectivity index (χ1n) is 5.30. The van der Waals surface area contributed by atoms with Crippen molar-refractivity contribution >= 4 is 10.0 Å². The van der Waals surface area contributed by atoms with Crippen molar-refractivity contribution in [2.75, 3.05) is 26.4 Å². The third-order valence-electron chi connectivity index (χ3n) is 3.20. The molecule has 0 aliphatic carbocycles. The van der Waals surface area contributed by atoms with E-state index in [0.717, 1.165) is 6.42 Å². The van der Waals surface area contributed by atoms with Gasteiger partial charge in [0.15, 0.2) is 0 Å². The van der Waals surface area contributed by atoms with E-state index >= 15 is 0 Å². The van der Waals surface area contributed by atoms with E-state index < -0.39 is 10.0 Å². The van der Waals surface area contributed by atoms with Crippen molar-refractivity contribution in [3.8, 4) is 0 Å². The van der Waals surface area contributed by atoms with Gasteiger partial charge in [0, 0.05) is 24.7 Å². The van der Waals surface area contributed by atoms with Crippen LogP contribution in [-0.2, 0) is 10.0 Å². The molecule has 1 unspecified atom stereocenters. The normalized spacial score (nSPS) is 25.1. The lowest BCUT2D eigenvalue weighted by atomic mass is 10.0. The summed E-state index contributed by atoms with van der Waals surface area (Å²) >= 11 is 0. The van der Waals surface area contributed by atoms with Crippen molar-refractivity contribution in [1.29, 1.82) is 0 Å². The maximum absolute atomic E-state index is 11.4. The number of likely N-dealkylation sites (N-methyl/N-ethyl adjacent to an activating group) is 1. The Morgan fingerprint density at radius 3 is 2.20 bits per heavy atom. The first-order chi connectivity index (χ1) is 6.62. The second kappa shape index (κ2) is 4.03. The molecule has 1 atom stereocenters. The monoisotopic (exact) mass is 234 g/mol. The topological polar surface area (TPSA) is 40.6 Å². The summed E-state index contributed by atoms with van der Waals surface area (Å²) in [7, 11) is -0.942. The van der Waals surface area contributed by atoms with Gasteiger partial charge in [0.05, 0.1) is 6.26 Å². The number of rotatable bonds is 2. The van der Waals surface area contributed by atoms with Gasteiger partial charge in [0.25, 0.3) is 0 Å². The Balaban J connectivity index is 2.65. The lowest BCUT2D eigenvalue weighted by Gasteiger charge is -2.36. The highest BCUT2D eigenvalue weighted by Crippen LogP contribution is 2.22. The molecule has 1 heterocycles. The maximum Gasteiger partial charge on any atom is 0.211 e. The van der Waals surface area contributed by atoms with Gasteiger partial charge in [-0.15, -0.1) is 0 Å². The molecular formula is C10H22N2O2S. The molecule has 0 radical (unpaired) electrons. The molecule has 1 aliphatic heterocycles. The van der Waals surface area contributed by atoms with Gasteiger partial charge in [-0.1, -0.05) is 0 Å². The van der Waals surface area contributed by atoms with Gasteiger partial charge in [-0.2, -0.15) is 0 Å². The Morgan fingerprint density at radius 1 is 1.33 bits per heavy atom. The van der Waals surface area contributed by atoms with E-state index in [1.807, 2.05) is 0 Å². The van der Waals surface area contributed by atoms with Crippen LogP contribution in [0.3, 0.4) is 0 Å². The zero-order valence-corrected chi connectivity index (χ0v) is 11.1. The Kier molecular flexibility index (Phi) is 3.48. The Morgan fingerprint density at radius 2 is 1.87 bits per heavy atom. The molecule has 0 bridgehead atoms. The van der Waals surface area contributed by atoms with Crippen LogP contribution < -0.4 is 0 Å². The van der Waals surface area contributed by atoms with Crippen LogP contribution in [0.15, 0.2) is 0 Å². The second-order valence-corrected chi connectivity index (χ2v) is 7.33. The van der Waals surface area contributed by atoms with Crippen molar-refractivity contribution in [3.05, 3.63) is 0 Å². The van der Waals surface area contributed by atoms with Crippen LogP contribution in [0, 0.1) is 0 Å². The van der Waals surface area contributed by atoms with Crippen molar-refractivity contribution < 1.29 is 8.42 Å². The largest absolute Gasteiger partial charge is 0.297 e. The minimum atomic E-state index is -3.01. The third-order valence-corrected chi connectivity index (χ3v) is 4.47. The fourth-order valence-corrected chi connectivity index (χ4v) is 2.76. The number of nitrogens with zero attached hydrogens (tertiary/aromatic N) is 2. The van der Waals surface area contributed by atoms with Gasteiger partial charge in [0.1, 0.15) is 0 Å².